The van der Waals surface area contributed by atoms with Crippen LogP contribution in [0.2, 0.25) is 0 Å². The Labute approximate surface area is 171 Å². The van der Waals surface area contributed by atoms with Gasteiger partial charge >= 0.3 is 0 Å². The third-order valence-corrected chi connectivity index (χ3v) is 9.37. The lowest BCUT2D eigenvalue weighted by molar-refractivity contribution is -0.119. The van der Waals surface area contributed by atoms with E-state index in [1.807, 2.05) is 13.8 Å². The van der Waals surface area contributed by atoms with Crippen molar-refractivity contribution < 1.29 is 18.0 Å². The second-order valence-electron chi connectivity index (χ2n) is 7.93. The molecule has 1 atom stereocenters. The molecule has 0 aromatic carbocycles. The normalized spacial score (nSPS) is 22.2. The van der Waals surface area contributed by atoms with Gasteiger partial charge in [0.05, 0.1) is 10.6 Å². The van der Waals surface area contributed by atoms with Crippen LogP contribution in [-0.2, 0) is 21.2 Å². The van der Waals surface area contributed by atoms with E-state index in [-0.39, 0.29) is 15.4 Å². The zero-order valence-electron chi connectivity index (χ0n) is 15.6. The Balaban J connectivity index is 1.54. The first-order chi connectivity index (χ1) is 13.2. The molecule has 2 aromatic rings. The lowest BCUT2D eigenvalue weighted by Gasteiger charge is -2.26. The van der Waals surface area contributed by atoms with Gasteiger partial charge in [0.2, 0.25) is 5.91 Å². The van der Waals surface area contributed by atoms with Crippen molar-refractivity contribution >= 4 is 49.5 Å². The molecular weight excluding hydrogens is 418 g/mol. The summed E-state index contributed by atoms with van der Waals surface area (Å²) in [6.45, 7) is 4.37. The number of fused-ring (bicyclic) bond motifs is 1. The van der Waals surface area contributed by atoms with Gasteiger partial charge in [-0.25, -0.2) is 13.4 Å². The summed E-state index contributed by atoms with van der Waals surface area (Å²) in [5.74, 6) is -0.345. The minimum Gasteiger partial charge on any atom is -0.301 e. The fraction of sp³-hybridized carbons (Fsp3) is 0.500. The Kier molecular flexibility index (Phi) is 4.93. The van der Waals surface area contributed by atoms with Crippen molar-refractivity contribution in [1.29, 1.82) is 0 Å². The van der Waals surface area contributed by atoms with Crippen LogP contribution < -0.4 is 5.32 Å². The van der Waals surface area contributed by atoms with E-state index in [0.29, 0.717) is 42.2 Å². The quantitative estimate of drug-likeness (QED) is 0.789. The van der Waals surface area contributed by atoms with Gasteiger partial charge in [0.15, 0.2) is 10.9 Å². The van der Waals surface area contributed by atoms with Gasteiger partial charge in [0.25, 0.3) is 10.0 Å². The second kappa shape index (κ2) is 7.01. The Morgan fingerprint density at radius 3 is 2.86 bits per heavy atom. The van der Waals surface area contributed by atoms with E-state index in [9.17, 15) is 18.0 Å². The molecule has 1 aliphatic carbocycles. The molecule has 0 unspecified atom stereocenters. The van der Waals surface area contributed by atoms with Crippen LogP contribution in [0.1, 0.15) is 48.5 Å². The van der Waals surface area contributed by atoms with Crippen molar-refractivity contribution in [2.45, 2.75) is 49.8 Å². The molecule has 0 spiro atoms. The summed E-state index contributed by atoms with van der Waals surface area (Å²) >= 11 is 2.32. The van der Waals surface area contributed by atoms with Crippen LogP contribution >= 0.6 is 22.7 Å². The number of ketones is 1. The van der Waals surface area contributed by atoms with Crippen molar-refractivity contribution in [3.63, 3.8) is 0 Å². The number of rotatable bonds is 4. The molecule has 7 nitrogen and oxygen atoms in total. The number of thiazole rings is 1. The molecule has 1 aliphatic heterocycles. The van der Waals surface area contributed by atoms with Crippen LogP contribution in [0.3, 0.4) is 0 Å². The zero-order valence-corrected chi connectivity index (χ0v) is 18.0. The van der Waals surface area contributed by atoms with Crippen LogP contribution in [0.4, 0.5) is 5.13 Å². The molecule has 28 heavy (non-hydrogen) atoms. The zero-order chi connectivity index (χ0) is 20.1. The smallest absolute Gasteiger partial charge is 0.253 e. The number of hydrogen-bond donors (Lipinski definition) is 1. The van der Waals surface area contributed by atoms with E-state index in [4.69, 9.17) is 0 Å². The molecule has 1 amide bonds. The van der Waals surface area contributed by atoms with Crippen LogP contribution in [0, 0.1) is 5.41 Å². The summed E-state index contributed by atoms with van der Waals surface area (Å²) < 4.78 is 27.2. The van der Waals surface area contributed by atoms with Crippen molar-refractivity contribution in [3.8, 4) is 0 Å². The Morgan fingerprint density at radius 1 is 1.36 bits per heavy atom. The monoisotopic (exact) mass is 439 g/mol. The fourth-order valence-corrected chi connectivity index (χ4v) is 7.48. The van der Waals surface area contributed by atoms with Crippen LogP contribution in [-0.4, -0.2) is 42.0 Å². The highest BCUT2D eigenvalue weighted by molar-refractivity contribution is 7.91. The topological polar surface area (TPSA) is 96.4 Å². The largest absolute Gasteiger partial charge is 0.301 e. The third kappa shape index (κ3) is 3.54. The number of sulfonamides is 1. The van der Waals surface area contributed by atoms with Crippen molar-refractivity contribution in [2.75, 3.05) is 11.9 Å². The SMILES string of the molecule is CC1(C)CC(=O)c2sc(NC(=O)[C@@H]3CCCN3S(=O)(=O)c3cccs3)nc2C1. The minimum atomic E-state index is -3.69. The molecule has 1 fully saturated rings. The van der Waals surface area contributed by atoms with Crippen molar-refractivity contribution in [3.05, 3.63) is 28.1 Å². The maximum absolute atomic E-state index is 12.8. The Morgan fingerprint density at radius 2 is 2.14 bits per heavy atom. The Hall–Kier alpha value is -1.62. The molecule has 0 saturated carbocycles. The summed E-state index contributed by atoms with van der Waals surface area (Å²) in [5.41, 5.74) is 0.576. The number of carbonyl (C=O) groups is 2. The molecule has 0 radical (unpaired) electrons. The summed E-state index contributed by atoms with van der Waals surface area (Å²) in [5, 5.41) is 4.82. The van der Waals surface area contributed by atoms with E-state index in [1.165, 1.54) is 15.6 Å². The summed E-state index contributed by atoms with van der Waals surface area (Å²) in [4.78, 5) is 30.2. The molecule has 0 bridgehead atoms. The van der Waals surface area contributed by atoms with Gasteiger partial charge in [-0.1, -0.05) is 31.3 Å². The van der Waals surface area contributed by atoms with Crippen molar-refractivity contribution in [1.82, 2.24) is 9.29 Å². The van der Waals surface area contributed by atoms with E-state index in [1.54, 1.807) is 17.5 Å². The minimum absolute atomic E-state index is 0.0482. The van der Waals surface area contributed by atoms with Gasteiger partial charge in [-0.05, 0) is 36.1 Å². The van der Waals surface area contributed by atoms with E-state index in [0.717, 1.165) is 17.0 Å². The van der Waals surface area contributed by atoms with Gasteiger partial charge in [0.1, 0.15) is 10.3 Å². The highest BCUT2D eigenvalue weighted by atomic mass is 32.2. The average Bonchev–Trinajstić information content (AvgIpc) is 3.34. The number of hydrogen-bond acceptors (Lipinski definition) is 7. The predicted molar refractivity (Wildman–Crippen MR) is 108 cm³/mol. The average molecular weight is 440 g/mol. The standard InChI is InChI=1S/C18H21N3O4S3/c1-18(2)9-11-15(13(22)10-18)27-17(19-11)20-16(23)12-5-3-7-21(12)28(24,25)14-6-4-8-26-14/h4,6,8,12H,3,5,7,9-10H2,1-2H3,(H,19,20,23)/t12-/m0/s1. The van der Waals surface area contributed by atoms with E-state index >= 15 is 0 Å². The first-order valence-corrected chi connectivity index (χ1v) is 12.2. The van der Waals surface area contributed by atoms with Gasteiger partial charge in [-0.15, -0.1) is 11.3 Å². The maximum Gasteiger partial charge on any atom is 0.253 e. The Bertz CT molecular complexity index is 1020. The van der Waals surface area contributed by atoms with Gasteiger partial charge in [-0.3, -0.25) is 9.59 Å². The number of Topliss-reactive ketones (excluding diaryl/α,β-unsaturated/α-hetero) is 1. The first-order valence-electron chi connectivity index (χ1n) is 9.06. The highest BCUT2D eigenvalue weighted by Crippen LogP contribution is 2.38. The number of thiophene rings is 1. The molecule has 2 aliphatic rings. The number of nitrogens with zero attached hydrogens (tertiary/aromatic N) is 2. The summed E-state index contributed by atoms with van der Waals surface area (Å²) in [6.07, 6.45) is 2.24. The van der Waals surface area contributed by atoms with Crippen LogP contribution in [0.25, 0.3) is 0 Å². The molecule has 3 heterocycles. The summed E-state index contributed by atoms with van der Waals surface area (Å²) in [7, 11) is -3.69. The molecule has 1 N–H and O–H groups in total. The predicted octanol–water partition coefficient (Wildman–Crippen LogP) is 3.15. The third-order valence-electron chi connectivity index (χ3n) is 5.03. The molecule has 4 rings (SSSR count). The van der Waals surface area contributed by atoms with Gasteiger partial charge < -0.3 is 5.32 Å². The van der Waals surface area contributed by atoms with Crippen molar-refractivity contribution in [2.24, 2.45) is 5.41 Å². The second-order valence-corrected chi connectivity index (χ2v) is 12.0. The lowest BCUT2D eigenvalue weighted by Crippen LogP contribution is -2.42. The highest BCUT2D eigenvalue weighted by Gasteiger charge is 2.40. The summed E-state index contributed by atoms with van der Waals surface area (Å²) in [6, 6.07) is 2.47. The lowest BCUT2D eigenvalue weighted by atomic mass is 9.78. The number of anilines is 1. The first kappa shape index (κ1) is 19.7. The molecule has 150 valence electrons. The van der Waals surface area contributed by atoms with Crippen LogP contribution in [0.15, 0.2) is 21.7 Å². The van der Waals surface area contributed by atoms with Crippen LogP contribution in [0.5, 0.6) is 0 Å². The number of amides is 1. The fourth-order valence-electron chi connectivity index (χ4n) is 3.78. The van der Waals surface area contributed by atoms with Gasteiger partial charge in [-0.2, -0.15) is 4.31 Å². The molecule has 1 saturated heterocycles. The number of aromatic nitrogens is 1. The molecular formula is C18H21N3O4S3. The van der Waals surface area contributed by atoms with Gasteiger partial charge in [0, 0.05) is 13.0 Å². The molecule has 2 aromatic heterocycles. The number of carbonyl (C=O) groups excluding carboxylic acids is 2. The van der Waals surface area contributed by atoms with E-state index < -0.39 is 22.0 Å². The molecule has 10 heteroatoms. The van der Waals surface area contributed by atoms with E-state index in [2.05, 4.69) is 10.3 Å². The number of nitrogens with one attached hydrogen (secondary N) is 1. The maximum atomic E-state index is 12.8.